The fraction of sp³-hybridized carbons (Fsp3) is 0.476. The lowest BCUT2D eigenvalue weighted by atomic mass is 9.78. The van der Waals surface area contributed by atoms with Crippen LogP contribution in [0.1, 0.15) is 44.6 Å². The number of aliphatic imine (C=N–C) groups is 1. The quantitative estimate of drug-likeness (QED) is 0.694. The monoisotopic (exact) mass is 289 g/mol. The Hall–Kier alpha value is -1.63. The number of nitrogens with zero attached hydrogens (tertiary/aromatic N) is 1. The molecular formula is C21H23N. The summed E-state index contributed by atoms with van der Waals surface area (Å²) in [6.45, 7) is 2.47. The third kappa shape index (κ3) is 1.68. The fourth-order valence-corrected chi connectivity index (χ4v) is 5.25. The van der Waals surface area contributed by atoms with Crippen molar-refractivity contribution in [3.05, 3.63) is 59.2 Å². The minimum absolute atomic E-state index is 0.277. The summed E-state index contributed by atoms with van der Waals surface area (Å²) in [4.78, 5) is 5.42. The molecule has 0 radical (unpaired) electrons. The van der Waals surface area contributed by atoms with E-state index in [1.54, 1.807) is 5.57 Å². The van der Waals surface area contributed by atoms with Gasteiger partial charge in [0, 0.05) is 5.56 Å². The van der Waals surface area contributed by atoms with Crippen molar-refractivity contribution >= 4 is 5.71 Å². The average molecular weight is 289 g/mol. The molecule has 1 heteroatoms. The van der Waals surface area contributed by atoms with Gasteiger partial charge in [-0.05, 0) is 55.4 Å². The number of benzene rings is 1. The van der Waals surface area contributed by atoms with E-state index in [0.29, 0.717) is 0 Å². The highest BCUT2D eigenvalue weighted by Crippen LogP contribution is 2.60. The molecule has 0 saturated heterocycles. The maximum Gasteiger partial charge on any atom is 0.0725 e. The van der Waals surface area contributed by atoms with Crippen molar-refractivity contribution in [1.29, 1.82) is 0 Å². The van der Waals surface area contributed by atoms with Gasteiger partial charge < -0.3 is 0 Å². The minimum Gasteiger partial charge on any atom is -0.277 e. The van der Waals surface area contributed by atoms with E-state index in [-0.39, 0.29) is 5.54 Å². The Balaban J connectivity index is 1.72. The van der Waals surface area contributed by atoms with Gasteiger partial charge in [-0.2, -0.15) is 0 Å². The summed E-state index contributed by atoms with van der Waals surface area (Å²) in [5.74, 6) is 2.41. The van der Waals surface area contributed by atoms with Gasteiger partial charge in [0.1, 0.15) is 0 Å². The second kappa shape index (κ2) is 4.44. The van der Waals surface area contributed by atoms with Crippen molar-refractivity contribution in [3.8, 4) is 0 Å². The van der Waals surface area contributed by atoms with Gasteiger partial charge in [0.15, 0.2) is 0 Å². The van der Waals surface area contributed by atoms with Gasteiger partial charge in [-0.25, -0.2) is 0 Å². The van der Waals surface area contributed by atoms with Crippen molar-refractivity contribution in [2.45, 2.75) is 44.6 Å². The zero-order valence-electron chi connectivity index (χ0n) is 13.3. The maximum atomic E-state index is 5.42. The molecule has 0 N–H and O–H groups in total. The van der Waals surface area contributed by atoms with Crippen molar-refractivity contribution in [2.75, 3.05) is 0 Å². The van der Waals surface area contributed by atoms with E-state index in [1.165, 1.54) is 42.5 Å². The SMILES string of the molecule is CC1CCC2C1C1=C(C=CC1)C(c1ccccc1)=NC21CC1. The molecule has 5 rings (SSSR count). The van der Waals surface area contributed by atoms with Crippen LogP contribution < -0.4 is 0 Å². The van der Waals surface area contributed by atoms with Crippen LogP contribution in [0.2, 0.25) is 0 Å². The molecule has 1 aromatic rings. The van der Waals surface area contributed by atoms with Gasteiger partial charge >= 0.3 is 0 Å². The molecule has 1 aliphatic heterocycles. The number of rotatable bonds is 1. The topological polar surface area (TPSA) is 12.4 Å². The first kappa shape index (κ1) is 12.9. The Kier molecular flexibility index (Phi) is 2.60. The number of hydrogen-bond acceptors (Lipinski definition) is 1. The number of hydrogen-bond donors (Lipinski definition) is 0. The molecule has 2 fully saturated rings. The van der Waals surface area contributed by atoms with Crippen LogP contribution in [0, 0.1) is 17.8 Å². The Morgan fingerprint density at radius 3 is 2.68 bits per heavy atom. The predicted octanol–water partition coefficient (Wildman–Crippen LogP) is 4.94. The van der Waals surface area contributed by atoms with Gasteiger partial charge in [-0.3, -0.25) is 4.99 Å². The summed E-state index contributed by atoms with van der Waals surface area (Å²) >= 11 is 0. The smallest absolute Gasteiger partial charge is 0.0725 e. The van der Waals surface area contributed by atoms with Crippen molar-refractivity contribution in [1.82, 2.24) is 0 Å². The fourth-order valence-electron chi connectivity index (χ4n) is 5.25. The first-order valence-corrected chi connectivity index (χ1v) is 8.84. The lowest BCUT2D eigenvalue weighted by Crippen LogP contribution is -2.26. The van der Waals surface area contributed by atoms with E-state index in [0.717, 1.165) is 24.2 Å². The Morgan fingerprint density at radius 1 is 1.09 bits per heavy atom. The molecule has 4 aliphatic rings. The van der Waals surface area contributed by atoms with Crippen LogP contribution in [-0.4, -0.2) is 11.3 Å². The van der Waals surface area contributed by atoms with E-state index in [1.807, 2.05) is 0 Å². The molecule has 3 atom stereocenters. The summed E-state index contributed by atoms with van der Waals surface area (Å²) in [7, 11) is 0. The highest BCUT2D eigenvalue weighted by Gasteiger charge is 2.57. The van der Waals surface area contributed by atoms with Crippen LogP contribution in [-0.2, 0) is 0 Å². The highest BCUT2D eigenvalue weighted by atomic mass is 15.0. The van der Waals surface area contributed by atoms with Crippen LogP contribution in [0.5, 0.6) is 0 Å². The molecule has 0 bridgehead atoms. The van der Waals surface area contributed by atoms with Gasteiger partial charge in [0.05, 0.1) is 11.3 Å². The third-order valence-electron chi connectivity index (χ3n) is 6.44. The Morgan fingerprint density at radius 2 is 1.91 bits per heavy atom. The summed E-state index contributed by atoms with van der Waals surface area (Å²) in [5, 5.41) is 0. The van der Waals surface area contributed by atoms with E-state index in [4.69, 9.17) is 4.99 Å². The van der Waals surface area contributed by atoms with Crippen molar-refractivity contribution in [2.24, 2.45) is 22.7 Å². The summed E-state index contributed by atoms with van der Waals surface area (Å²) in [5.41, 5.74) is 6.02. The second-order valence-corrected chi connectivity index (χ2v) is 7.66. The van der Waals surface area contributed by atoms with Crippen LogP contribution >= 0.6 is 0 Å². The zero-order valence-corrected chi connectivity index (χ0v) is 13.3. The zero-order chi connectivity index (χ0) is 14.7. The van der Waals surface area contributed by atoms with Gasteiger partial charge in [-0.1, -0.05) is 55.0 Å². The number of allylic oxidation sites excluding steroid dienone is 4. The molecule has 1 spiro atoms. The summed E-state index contributed by atoms with van der Waals surface area (Å²) < 4.78 is 0. The minimum atomic E-state index is 0.277. The largest absolute Gasteiger partial charge is 0.277 e. The molecule has 1 heterocycles. The molecule has 1 nitrogen and oxygen atoms in total. The average Bonchev–Trinajstić information content (AvgIpc) is 3.02. The van der Waals surface area contributed by atoms with Gasteiger partial charge in [0.2, 0.25) is 0 Å². The van der Waals surface area contributed by atoms with Crippen LogP contribution in [0.25, 0.3) is 0 Å². The number of fused-ring (bicyclic) bond motifs is 3. The lowest BCUT2D eigenvalue weighted by Gasteiger charge is -2.28. The van der Waals surface area contributed by atoms with Crippen LogP contribution in [0.15, 0.2) is 58.6 Å². The standard InChI is InChI=1S/C21H23N/c1-14-10-11-18-19(14)16-8-5-9-17(16)20(22-21(18)12-13-21)15-6-3-2-4-7-15/h2-7,9,14,18-19H,8,10-13H2,1H3. The molecular weight excluding hydrogens is 266 g/mol. The molecule has 3 unspecified atom stereocenters. The maximum absolute atomic E-state index is 5.42. The first-order chi connectivity index (χ1) is 10.8. The molecule has 112 valence electrons. The van der Waals surface area contributed by atoms with Crippen molar-refractivity contribution < 1.29 is 0 Å². The molecule has 22 heavy (non-hydrogen) atoms. The molecule has 3 aliphatic carbocycles. The van der Waals surface area contributed by atoms with Gasteiger partial charge in [-0.15, -0.1) is 0 Å². The highest BCUT2D eigenvalue weighted by molar-refractivity contribution is 6.15. The van der Waals surface area contributed by atoms with Crippen LogP contribution in [0.3, 0.4) is 0 Å². The summed E-state index contributed by atoms with van der Waals surface area (Å²) in [6.07, 6.45) is 11.3. The van der Waals surface area contributed by atoms with E-state index in [2.05, 4.69) is 49.4 Å². The Bertz CT molecular complexity index is 703. The molecule has 0 amide bonds. The third-order valence-corrected chi connectivity index (χ3v) is 6.44. The van der Waals surface area contributed by atoms with Gasteiger partial charge in [0.25, 0.3) is 0 Å². The normalized spacial score (nSPS) is 34.4. The molecule has 2 saturated carbocycles. The molecule has 0 aromatic heterocycles. The first-order valence-electron chi connectivity index (χ1n) is 8.84. The van der Waals surface area contributed by atoms with E-state index < -0.39 is 0 Å². The second-order valence-electron chi connectivity index (χ2n) is 7.66. The van der Waals surface area contributed by atoms with Crippen LogP contribution in [0.4, 0.5) is 0 Å². The van der Waals surface area contributed by atoms with E-state index in [9.17, 15) is 0 Å². The summed E-state index contributed by atoms with van der Waals surface area (Å²) in [6, 6.07) is 10.9. The molecule has 1 aromatic carbocycles. The predicted molar refractivity (Wildman–Crippen MR) is 91.1 cm³/mol. The lowest BCUT2D eigenvalue weighted by molar-refractivity contribution is 0.313. The van der Waals surface area contributed by atoms with Crippen molar-refractivity contribution in [3.63, 3.8) is 0 Å². The Labute approximate surface area is 132 Å². The van der Waals surface area contributed by atoms with E-state index >= 15 is 0 Å².